The predicted molar refractivity (Wildman–Crippen MR) is 159 cm³/mol. The normalized spacial score (nSPS) is 12.2. The monoisotopic (exact) mass is 554 g/mol. The molecular weight excluding hydrogens is 512 g/mol. The van der Waals surface area contributed by atoms with Crippen molar-refractivity contribution in [2.45, 2.75) is 83.2 Å². The van der Waals surface area contributed by atoms with E-state index in [-0.39, 0.29) is 5.97 Å². The van der Waals surface area contributed by atoms with Crippen LogP contribution >= 0.6 is 23.1 Å². The molecule has 1 aromatic heterocycles. The maximum absolute atomic E-state index is 12.7. The number of aromatic nitrogens is 1. The minimum absolute atomic E-state index is 0.204. The molecule has 0 radical (unpaired) electrons. The van der Waals surface area contributed by atoms with Gasteiger partial charge in [0.2, 0.25) is 0 Å². The van der Waals surface area contributed by atoms with Crippen molar-refractivity contribution in [1.82, 2.24) is 9.88 Å². The Morgan fingerprint density at radius 3 is 2.34 bits per heavy atom. The number of ether oxygens (including phenoxy) is 2. The van der Waals surface area contributed by atoms with Crippen LogP contribution in [0.25, 0.3) is 0 Å². The fraction of sp³-hybridized carbons (Fsp3) is 0.484. The molecule has 0 atom stereocenters. The zero-order valence-corrected chi connectivity index (χ0v) is 25.7. The highest BCUT2D eigenvalue weighted by Gasteiger charge is 2.33. The first-order valence-electron chi connectivity index (χ1n) is 13.1. The van der Waals surface area contributed by atoms with Gasteiger partial charge < -0.3 is 9.47 Å². The average Bonchev–Trinajstić information content (AvgIpc) is 3.15. The summed E-state index contributed by atoms with van der Waals surface area (Å²) in [6.45, 7) is 16.9. The molecule has 0 fully saturated rings. The van der Waals surface area contributed by atoms with Crippen molar-refractivity contribution in [2.24, 2.45) is 0 Å². The molecule has 206 valence electrons. The fourth-order valence-electron chi connectivity index (χ4n) is 4.01. The Hall–Kier alpha value is -2.19. The minimum Gasteiger partial charge on any atom is -0.459 e. The number of rotatable bonds is 12. The first-order valence-corrected chi connectivity index (χ1v) is 14.7. The third-order valence-electron chi connectivity index (χ3n) is 5.95. The quantitative estimate of drug-likeness (QED) is 0.174. The van der Waals surface area contributed by atoms with Gasteiger partial charge in [0.25, 0.3) is 0 Å². The van der Waals surface area contributed by atoms with Crippen LogP contribution in [-0.4, -0.2) is 46.5 Å². The van der Waals surface area contributed by atoms with Crippen LogP contribution in [-0.2, 0) is 33.8 Å². The van der Waals surface area contributed by atoms with Crippen molar-refractivity contribution < 1.29 is 14.3 Å². The summed E-state index contributed by atoms with van der Waals surface area (Å²) >= 11 is 3.32. The zero-order chi connectivity index (χ0) is 27.9. The number of methoxy groups -OCH3 is 1. The Morgan fingerprint density at radius 2 is 1.71 bits per heavy atom. The van der Waals surface area contributed by atoms with Crippen LogP contribution in [0.15, 0.2) is 53.4 Å². The van der Waals surface area contributed by atoms with E-state index in [2.05, 4.69) is 67.3 Å². The van der Waals surface area contributed by atoms with Gasteiger partial charge in [0.05, 0.1) is 17.3 Å². The Morgan fingerprint density at radius 1 is 1.00 bits per heavy atom. The number of thiazole rings is 1. The number of aryl methyl sites for hydroxylation is 2. The summed E-state index contributed by atoms with van der Waals surface area (Å²) < 4.78 is 10.3. The summed E-state index contributed by atoms with van der Waals surface area (Å²) in [5.74, 6) is -0.204. The van der Waals surface area contributed by atoms with E-state index in [0.29, 0.717) is 6.61 Å². The van der Waals surface area contributed by atoms with Crippen LogP contribution in [0.4, 0.5) is 0 Å². The second-order valence-corrected chi connectivity index (χ2v) is 14.2. The Kier molecular flexibility index (Phi) is 10.6. The van der Waals surface area contributed by atoms with E-state index in [4.69, 9.17) is 14.5 Å². The molecule has 1 heterocycles. The van der Waals surface area contributed by atoms with Crippen LogP contribution in [0.3, 0.4) is 0 Å². The summed E-state index contributed by atoms with van der Waals surface area (Å²) in [5, 5.41) is 1.16. The SMILES string of the molecule is COCCN(Cc1ccc(SC(C)(C)C(=O)OC(C)(C)C)cc1)Cc1nc(Cc2cccc(C)c2)sc1C. The highest BCUT2D eigenvalue weighted by atomic mass is 32.2. The van der Waals surface area contributed by atoms with Crippen LogP contribution in [0.1, 0.15) is 66.9 Å². The van der Waals surface area contributed by atoms with Crippen molar-refractivity contribution in [3.63, 3.8) is 0 Å². The molecule has 0 N–H and O–H groups in total. The second kappa shape index (κ2) is 13.2. The molecule has 2 aromatic carbocycles. The first-order chi connectivity index (χ1) is 17.8. The van der Waals surface area contributed by atoms with E-state index >= 15 is 0 Å². The van der Waals surface area contributed by atoms with Gasteiger partial charge in [0.15, 0.2) is 0 Å². The summed E-state index contributed by atoms with van der Waals surface area (Å²) in [7, 11) is 1.74. The Labute approximate surface area is 237 Å². The van der Waals surface area contributed by atoms with Gasteiger partial charge in [0, 0.05) is 42.9 Å². The molecule has 3 rings (SSSR count). The third kappa shape index (κ3) is 9.53. The number of carbonyl (C=O) groups is 1. The summed E-state index contributed by atoms with van der Waals surface area (Å²) in [5.41, 5.74) is 4.43. The van der Waals surface area contributed by atoms with E-state index in [1.165, 1.54) is 33.3 Å². The fourth-order valence-corrected chi connectivity index (χ4v) is 5.97. The number of esters is 1. The van der Waals surface area contributed by atoms with Crippen LogP contribution in [0, 0.1) is 13.8 Å². The highest BCUT2D eigenvalue weighted by molar-refractivity contribution is 8.01. The molecule has 7 heteroatoms. The number of benzene rings is 2. The van der Waals surface area contributed by atoms with Crippen LogP contribution in [0.5, 0.6) is 0 Å². The molecule has 0 aliphatic rings. The third-order valence-corrected chi connectivity index (χ3v) is 8.15. The number of carbonyl (C=O) groups excluding carboxylic acids is 1. The molecule has 0 spiro atoms. The lowest BCUT2D eigenvalue weighted by Gasteiger charge is -2.28. The van der Waals surface area contributed by atoms with Gasteiger partial charge in [0.1, 0.15) is 10.3 Å². The Balaban J connectivity index is 1.66. The van der Waals surface area contributed by atoms with E-state index < -0.39 is 10.3 Å². The number of hydrogen-bond donors (Lipinski definition) is 0. The van der Waals surface area contributed by atoms with Crippen LogP contribution in [0.2, 0.25) is 0 Å². The van der Waals surface area contributed by atoms with Gasteiger partial charge >= 0.3 is 5.97 Å². The van der Waals surface area contributed by atoms with E-state index in [1.54, 1.807) is 18.4 Å². The van der Waals surface area contributed by atoms with Gasteiger partial charge in [-0.2, -0.15) is 0 Å². The smallest absolute Gasteiger partial charge is 0.322 e. The van der Waals surface area contributed by atoms with Crippen molar-refractivity contribution in [3.05, 3.63) is 80.8 Å². The van der Waals surface area contributed by atoms with Crippen LogP contribution < -0.4 is 0 Å². The average molecular weight is 555 g/mol. The van der Waals surface area contributed by atoms with Gasteiger partial charge in [-0.3, -0.25) is 9.69 Å². The van der Waals surface area contributed by atoms with Crippen molar-refractivity contribution in [2.75, 3.05) is 20.3 Å². The lowest BCUT2D eigenvalue weighted by molar-refractivity contribution is -0.156. The van der Waals surface area contributed by atoms with Crippen molar-refractivity contribution in [1.29, 1.82) is 0 Å². The van der Waals surface area contributed by atoms with E-state index in [9.17, 15) is 4.79 Å². The predicted octanol–water partition coefficient (Wildman–Crippen LogP) is 7.21. The molecule has 0 saturated heterocycles. The lowest BCUT2D eigenvalue weighted by atomic mass is 10.1. The minimum atomic E-state index is -0.669. The lowest BCUT2D eigenvalue weighted by Crippen LogP contribution is -2.36. The first kappa shape index (κ1) is 30.4. The molecule has 3 aromatic rings. The molecular formula is C31H42N2O3S2. The molecule has 0 aliphatic carbocycles. The van der Waals surface area contributed by atoms with Gasteiger partial charge in [-0.05, 0) is 71.7 Å². The standard InChI is InChI=1S/C31H42N2O3S2/c1-22-10-9-11-25(18-22)19-28-32-27(23(2)37-28)21-33(16-17-35-8)20-24-12-14-26(15-13-24)38-31(6,7)29(34)36-30(3,4)5/h9-15,18H,16-17,19-21H2,1-8H3. The summed E-state index contributed by atoms with van der Waals surface area (Å²) in [6, 6.07) is 17.1. The Bertz CT molecular complexity index is 1200. The number of nitrogens with zero attached hydrogens (tertiary/aromatic N) is 2. The molecule has 0 aliphatic heterocycles. The summed E-state index contributed by atoms with van der Waals surface area (Å²) in [4.78, 5) is 22.4. The number of hydrogen-bond acceptors (Lipinski definition) is 7. The van der Waals surface area contributed by atoms with Gasteiger partial charge in [-0.15, -0.1) is 23.1 Å². The molecule has 38 heavy (non-hydrogen) atoms. The molecule has 5 nitrogen and oxygen atoms in total. The zero-order valence-electron chi connectivity index (χ0n) is 24.1. The molecule has 0 unspecified atom stereocenters. The molecule has 0 saturated carbocycles. The van der Waals surface area contributed by atoms with Crippen molar-refractivity contribution >= 4 is 29.1 Å². The molecule has 0 amide bonds. The highest BCUT2D eigenvalue weighted by Crippen LogP contribution is 2.35. The van der Waals surface area contributed by atoms with E-state index in [0.717, 1.165) is 41.7 Å². The second-order valence-electron chi connectivity index (χ2n) is 11.2. The van der Waals surface area contributed by atoms with Crippen molar-refractivity contribution in [3.8, 4) is 0 Å². The van der Waals surface area contributed by atoms with E-state index in [1.807, 2.05) is 34.6 Å². The summed E-state index contributed by atoms with van der Waals surface area (Å²) in [6.07, 6.45) is 0.865. The maximum Gasteiger partial charge on any atom is 0.322 e. The van der Waals surface area contributed by atoms with Gasteiger partial charge in [-0.1, -0.05) is 42.0 Å². The number of thioether (sulfide) groups is 1. The van der Waals surface area contributed by atoms with Gasteiger partial charge in [-0.25, -0.2) is 4.98 Å². The maximum atomic E-state index is 12.7. The largest absolute Gasteiger partial charge is 0.459 e. The topological polar surface area (TPSA) is 51.7 Å². The molecule has 0 bridgehead atoms.